The summed E-state index contributed by atoms with van der Waals surface area (Å²) in [7, 11) is 0. The van der Waals surface area contributed by atoms with Crippen molar-refractivity contribution in [2.75, 3.05) is 13.1 Å². The van der Waals surface area contributed by atoms with Crippen LogP contribution in [-0.2, 0) is 4.79 Å². The van der Waals surface area contributed by atoms with Crippen LogP contribution in [0, 0.1) is 5.41 Å². The first-order chi connectivity index (χ1) is 9.73. The van der Waals surface area contributed by atoms with Crippen molar-refractivity contribution in [3.05, 3.63) is 36.0 Å². The van der Waals surface area contributed by atoms with Crippen molar-refractivity contribution in [1.29, 1.82) is 0 Å². The van der Waals surface area contributed by atoms with Gasteiger partial charge in [-0.1, -0.05) is 24.8 Å². The zero-order valence-corrected chi connectivity index (χ0v) is 12.1. The Morgan fingerprint density at radius 3 is 3.05 bits per heavy atom. The summed E-state index contributed by atoms with van der Waals surface area (Å²) in [4.78, 5) is 12.2. The van der Waals surface area contributed by atoms with Gasteiger partial charge in [-0.3, -0.25) is 4.79 Å². The minimum absolute atomic E-state index is 0.173. The van der Waals surface area contributed by atoms with Crippen LogP contribution in [-0.4, -0.2) is 25.0 Å². The van der Waals surface area contributed by atoms with Gasteiger partial charge in [0.1, 0.15) is 0 Å². The highest BCUT2D eigenvalue weighted by molar-refractivity contribution is 5.80. The van der Waals surface area contributed by atoms with E-state index in [9.17, 15) is 4.79 Å². The van der Waals surface area contributed by atoms with E-state index in [1.54, 1.807) is 0 Å². The van der Waals surface area contributed by atoms with E-state index in [4.69, 9.17) is 0 Å². The molecule has 1 unspecified atom stereocenters. The summed E-state index contributed by atoms with van der Waals surface area (Å²) in [5.74, 6) is 0.173. The normalized spacial score (nSPS) is 27.5. The van der Waals surface area contributed by atoms with E-state index in [0.29, 0.717) is 17.9 Å². The second-order valence-corrected chi connectivity index (χ2v) is 6.31. The Morgan fingerprint density at radius 1 is 1.50 bits per heavy atom. The average molecular weight is 272 g/mol. The van der Waals surface area contributed by atoms with Gasteiger partial charge in [-0.25, -0.2) is 0 Å². The molecule has 108 valence electrons. The predicted octanol–water partition coefficient (Wildman–Crippen LogP) is 2.47. The molecule has 3 rings (SSSR count). The molecule has 3 nitrogen and oxygen atoms in total. The molecule has 3 heteroatoms. The molecule has 1 atom stereocenters. The number of rotatable bonds is 4. The van der Waals surface area contributed by atoms with E-state index in [0.717, 1.165) is 31.5 Å². The Labute approximate surface area is 121 Å². The average Bonchev–Trinajstić information content (AvgIpc) is 3.11. The monoisotopic (exact) mass is 272 g/mol. The molecule has 3 aliphatic rings. The van der Waals surface area contributed by atoms with Crippen molar-refractivity contribution in [3.63, 3.8) is 0 Å². The zero-order chi connectivity index (χ0) is 14.0. The number of carbonyl (C=O) groups is 1. The number of allylic oxidation sites excluding steroid dienone is 4. The van der Waals surface area contributed by atoms with Gasteiger partial charge in [0, 0.05) is 6.04 Å². The van der Waals surface area contributed by atoms with Gasteiger partial charge < -0.3 is 10.6 Å². The molecule has 1 saturated heterocycles. The summed E-state index contributed by atoms with van der Waals surface area (Å²) in [5, 5.41) is 6.63. The van der Waals surface area contributed by atoms with Crippen LogP contribution in [0.3, 0.4) is 0 Å². The Hall–Kier alpha value is -1.35. The first-order valence-corrected chi connectivity index (χ1v) is 7.75. The standard InChI is InChI=1S/C17H24N2O/c1-2-13-5-3-4-6-14(13)11-16(20)19-15-12-17(15)7-9-18-10-8-17/h2,4,6,15,18H,1,3,5,7-12H2,(H,19,20). The van der Waals surface area contributed by atoms with Crippen molar-refractivity contribution in [1.82, 2.24) is 10.6 Å². The molecule has 2 N–H and O–H groups in total. The highest BCUT2D eigenvalue weighted by Crippen LogP contribution is 2.52. The molecular formula is C17H24N2O. The van der Waals surface area contributed by atoms with Gasteiger partial charge in [-0.2, -0.15) is 0 Å². The van der Waals surface area contributed by atoms with Gasteiger partial charge in [-0.15, -0.1) is 0 Å². The number of amides is 1. The number of hydrogen-bond acceptors (Lipinski definition) is 2. The molecule has 1 amide bonds. The lowest BCUT2D eigenvalue weighted by Gasteiger charge is -2.23. The molecule has 0 radical (unpaired) electrons. The summed E-state index contributed by atoms with van der Waals surface area (Å²) in [6.07, 6.45) is 12.3. The van der Waals surface area contributed by atoms with Crippen LogP contribution >= 0.6 is 0 Å². The lowest BCUT2D eigenvalue weighted by Crippen LogP contribution is -2.36. The van der Waals surface area contributed by atoms with Crippen molar-refractivity contribution < 1.29 is 4.79 Å². The summed E-state index contributed by atoms with van der Waals surface area (Å²) in [6, 6.07) is 0.414. The van der Waals surface area contributed by atoms with Gasteiger partial charge in [0.05, 0.1) is 6.42 Å². The van der Waals surface area contributed by atoms with Crippen LogP contribution in [0.2, 0.25) is 0 Å². The minimum Gasteiger partial charge on any atom is -0.353 e. The van der Waals surface area contributed by atoms with Gasteiger partial charge in [0.15, 0.2) is 0 Å². The number of nitrogens with one attached hydrogen (secondary N) is 2. The highest BCUT2D eigenvalue weighted by atomic mass is 16.1. The highest BCUT2D eigenvalue weighted by Gasteiger charge is 2.54. The third-order valence-electron chi connectivity index (χ3n) is 5.03. The maximum atomic E-state index is 12.2. The second kappa shape index (κ2) is 5.57. The molecule has 1 saturated carbocycles. The Kier molecular flexibility index (Phi) is 3.79. The third-order valence-corrected chi connectivity index (χ3v) is 5.03. The van der Waals surface area contributed by atoms with Crippen LogP contribution in [0.4, 0.5) is 0 Å². The van der Waals surface area contributed by atoms with E-state index >= 15 is 0 Å². The van der Waals surface area contributed by atoms with E-state index in [1.165, 1.54) is 24.8 Å². The maximum absolute atomic E-state index is 12.2. The van der Waals surface area contributed by atoms with Crippen LogP contribution in [0.15, 0.2) is 36.0 Å². The minimum atomic E-state index is 0.173. The van der Waals surface area contributed by atoms with Crippen molar-refractivity contribution in [2.24, 2.45) is 5.41 Å². The Bertz CT molecular complexity index is 469. The molecule has 2 fully saturated rings. The van der Waals surface area contributed by atoms with E-state index in [1.807, 2.05) is 6.08 Å². The van der Waals surface area contributed by atoms with Crippen molar-refractivity contribution in [2.45, 2.75) is 44.6 Å². The molecule has 0 bridgehead atoms. The summed E-state index contributed by atoms with van der Waals surface area (Å²) >= 11 is 0. The van der Waals surface area contributed by atoms with Gasteiger partial charge in [-0.05, 0) is 61.8 Å². The van der Waals surface area contributed by atoms with Crippen LogP contribution < -0.4 is 10.6 Å². The smallest absolute Gasteiger partial charge is 0.224 e. The molecule has 0 aromatic heterocycles. The predicted molar refractivity (Wildman–Crippen MR) is 81.3 cm³/mol. The lowest BCUT2D eigenvalue weighted by atomic mass is 9.93. The fourth-order valence-electron chi connectivity index (χ4n) is 3.58. The quantitative estimate of drug-likeness (QED) is 0.825. The molecule has 2 aliphatic carbocycles. The molecular weight excluding hydrogens is 248 g/mol. The van der Waals surface area contributed by atoms with E-state index in [-0.39, 0.29) is 5.91 Å². The van der Waals surface area contributed by atoms with Crippen LogP contribution in [0.5, 0.6) is 0 Å². The van der Waals surface area contributed by atoms with Gasteiger partial charge in [0.25, 0.3) is 0 Å². The van der Waals surface area contributed by atoms with Crippen molar-refractivity contribution >= 4 is 5.91 Å². The Balaban J connectivity index is 1.54. The summed E-state index contributed by atoms with van der Waals surface area (Å²) in [6.45, 7) is 6.05. The first-order valence-electron chi connectivity index (χ1n) is 7.75. The third kappa shape index (κ3) is 2.73. The van der Waals surface area contributed by atoms with Gasteiger partial charge in [0.2, 0.25) is 5.91 Å². The Morgan fingerprint density at radius 2 is 2.30 bits per heavy atom. The fourth-order valence-corrected chi connectivity index (χ4v) is 3.58. The number of hydrogen-bond donors (Lipinski definition) is 2. The topological polar surface area (TPSA) is 41.1 Å². The van der Waals surface area contributed by atoms with E-state index in [2.05, 4.69) is 29.4 Å². The number of piperidine rings is 1. The fraction of sp³-hybridized carbons (Fsp3) is 0.588. The van der Waals surface area contributed by atoms with E-state index < -0.39 is 0 Å². The van der Waals surface area contributed by atoms with Crippen molar-refractivity contribution in [3.8, 4) is 0 Å². The second-order valence-electron chi connectivity index (χ2n) is 6.31. The largest absolute Gasteiger partial charge is 0.353 e. The first kappa shape index (κ1) is 13.6. The van der Waals surface area contributed by atoms with Crippen LogP contribution in [0.25, 0.3) is 0 Å². The summed E-state index contributed by atoms with van der Waals surface area (Å²) < 4.78 is 0. The SMILES string of the molecule is C=CC1=C(CC(=O)NC2CC23CCNCC3)C=CCC1. The summed E-state index contributed by atoms with van der Waals surface area (Å²) in [5.41, 5.74) is 2.79. The molecule has 1 spiro atoms. The molecule has 1 aliphatic heterocycles. The lowest BCUT2D eigenvalue weighted by molar-refractivity contribution is -0.120. The molecule has 0 aromatic carbocycles. The molecule has 1 heterocycles. The zero-order valence-electron chi connectivity index (χ0n) is 12.1. The maximum Gasteiger partial charge on any atom is 0.224 e. The molecule has 20 heavy (non-hydrogen) atoms. The molecule has 0 aromatic rings. The van der Waals surface area contributed by atoms with Gasteiger partial charge >= 0.3 is 0 Å². The number of carbonyl (C=O) groups excluding carboxylic acids is 1. The van der Waals surface area contributed by atoms with Crippen LogP contribution in [0.1, 0.15) is 38.5 Å².